The van der Waals surface area contributed by atoms with E-state index in [4.69, 9.17) is 4.74 Å². The van der Waals surface area contributed by atoms with Crippen LogP contribution in [-0.2, 0) is 13.0 Å². The number of hydrogen-bond acceptors (Lipinski definition) is 3. The predicted octanol–water partition coefficient (Wildman–Crippen LogP) is 7.88. The van der Waals surface area contributed by atoms with Crippen molar-refractivity contribution >= 4 is 25.1 Å². The summed E-state index contributed by atoms with van der Waals surface area (Å²) >= 11 is 0.472. The molecule has 1 saturated heterocycles. The van der Waals surface area contributed by atoms with E-state index in [0.29, 0.717) is 38.9 Å². The summed E-state index contributed by atoms with van der Waals surface area (Å²) in [5.74, 6) is 3.24. The van der Waals surface area contributed by atoms with Gasteiger partial charge in [-0.25, -0.2) is 0 Å². The number of piperidine rings is 1. The van der Waals surface area contributed by atoms with Crippen LogP contribution in [0.4, 0.5) is 5.69 Å². The fourth-order valence-corrected chi connectivity index (χ4v) is 10.3. The molecule has 1 heterocycles. The average Bonchev–Trinajstić information content (AvgIpc) is 3.04. The van der Waals surface area contributed by atoms with Crippen molar-refractivity contribution in [2.45, 2.75) is 62.9 Å². The van der Waals surface area contributed by atoms with Gasteiger partial charge in [0.15, 0.2) is 0 Å². The SMILES string of the molecule is C[C@@]12CC[C@@H]3c4ccc(OCc5ccccc5)cc4CC[C@H]3[C@@H]1C[C@@H](C[Se]c1ccccc1)N(Nc1ccccc1)C2. The Morgan fingerprint density at radius 2 is 1.62 bits per heavy atom. The number of para-hydroxylation sites is 1. The molecule has 0 unspecified atom stereocenters. The number of nitrogens with one attached hydrogen (secondary N) is 1. The Bertz CT molecular complexity index is 1460. The molecule has 0 spiro atoms. The molecule has 2 fully saturated rings. The van der Waals surface area contributed by atoms with Crippen molar-refractivity contribution in [3.05, 3.63) is 126 Å². The normalized spacial score (nSPS) is 26.9. The van der Waals surface area contributed by atoms with Crippen LogP contribution in [0.1, 0.15) is 55.2 Å². The molecule has 1 aliphatic heterocycles. The first-order valence-electron chi connectivity index (χ1n) is 15.7. The third-order valence-corrected chi connectivity index (χ3v) is 12.6. The second kappa shape index (κ2) is 12.3. The fraction of sp³-hybridized carbons (Fsp3) is 0.368. The standard InChI is InChI=1S/C38H42N2OSe/c1-38-22-21-35-34-20-18-32(41-25-28-11-5-2-6-12-28)23-29(34)17-19-36(35)37(38)24-31(26-42-33-15-9-4-10-16-33)40(27-38)39-30-13-7-3-8-14-30/h2-16,18,20,23,31,35-37,39H,17,19,21-22,24-27H2,1H3/t31-,35+,36+,37-,38-/m0/s1. The van der Waals surface area contributed by atoms with Gasteiger partial charge in [0.1, 0.15) is 0 Å². The van der Waals surface area contributed by atoms with Crippen molar-refractivity contribution in [1.82, 2.24) is 5.01 Å². The maximum atomic E-state index is 6.22. The molecule has 3 aliphatic rings. The quantitative estimate of drug-likeness (QED) is 0.203. The van der Waals surface area contributed by atoms with Gasteiger partial charge in [0, 0.05) is 0 Å². The Kier molecular flexibility index (Phi) is 8.13. The van der Waals surface area contributed by atoms with Gasteiger partial charge in [0.05, 0.1) is 0 Å². The minimum atomic E-state index is 0.343. The second-order valence-electron chi connectivity index (χ2n) is 12.9. The first-order valence-corrected chi connectivity index (χ1v) is 17.8. The van der Waals surface area contributed by atoms with E-state index in [1.807, 2.05) is 0 Å². The fourth-order valence-electron chi connectivity index (χ4n) is 8.05. The Labute approximate surface area is 257 Å². The molecule has 0 aromatic heterocycles. The summed E-state index contributed by atoms with van der Waals surface area (Å²) in [7, 11) is 0. The van der Waals surface area contributed by atoms with Crippen LogP contribution in [0, 0.1) is 17.3 Å². The van der Waals surface area contributed by atoms with Crippen molar-refractivity contribution in [2.24, 2.45) is 17.3 Å². The molecule has 216 valence electrons. The van der Waals surface area contributed by atoms with E-state index in [2.05, 4.69) is 127 Å². The van der Waals surface area contributed by atoms with Crippen LogP contribution in [-0.4, -0.2) is 32.6 Å². The molecule has 5 atom stereocenters. The number of anilines is 1. The molecule has 0 amide bonds. The van der Waals surface area contributed by atoms with E-state index in [9.17, 15) is 0 Å². The van der Waals surface area contributed by atoms with Crippen LogP contribution in [0.5, 0.6) is 5.75 Å². The monoisotopic (exact) mass is 622 g/mol. The summed E-state index contributed by atoms with van der Waals surface area (Å²) in [5, 5.41) is 3.88. The van der Waals surface area contributed by atoms with Crippen molar-refractivity contribution in [3.8, 4) is 5.75 Å². The van der Waals surface area contributed by atoms with Gasteiger partial charge in [-0.15, -0.1) is 0 Å². The number of rotatable bonds is 8. The summed E-state index contributed by atoms with van der Waals surface area (Å²) in [5.41, 5.74) is 9.78. The predicted molar refractivity (Wildman–Crippen MR) is 174 cm³/mol. The molecule has 2 aliphatic carbocycles. The number of hydrogen-bond donors (Lipinski definition) is 1. The molecule has 1 N–H and O–H groups in total. The molecule has 0 radical (unpaired) electrons. The number of fused-ring (bicyclic) bond motifs is 5. The van der Waals surface area contributed by atoms with Gasteiger partial charge in [-0.3, -0.25) is 0 Å². The molecule has 3 nitrogen and oxygen atoms in total. The molecule has 1 saturated carbocycles. The van der Waals surface area contributed by atoms with Crippen LogP contribution in [0.15, 0.2) is 109 Å². The van der Waals surface area contributed by atoms with Gasteiger partial charge in [-0.2, -0.15) is 0 Å². The van der Waals surface area contributed by atoms with E-state index in [1.165, 1.54) is 58.7 Å². The number of hydrazine groups is 1. The third kappa shape index (κ3) is 5.91. The van der Waals surface area contributed by atoms with Crippen molar-refractivity contribution in [1.29, 1.82) is 0 Å². The van der Waals surface area contributed by atoms with Crippen LogP contribution in [0.2, 0.25) is 5.32 Å². The first-order chi connectivity index (χ1) is 20.6. The zero-order chi connectivity index (χ0) is 28.4. The average molecular weight is 622 g/mol. The molecular weight excluding hydrogens is 579 g/mol. The minimum absolute atomic E-state index is 0.343. The Hall–Kier alpha value is -3.04. The van der Waals surface area contributed by atoms with Gasteiger partial charge in [0.2, 0.25) is 0 Å². The van der Waals surface area contributed by atoms with E-state index in [-0.39, 0.29) is 0 Å². The van der Waals surface area contributed by atoms with Crippen molar-refractivity contribution in [3.63, 3.8) is 0 Å². The first kappa shape index (κ1) is 27.8. The Morgan fingerprint density at radius 3 is 2.40 bits per heavy atom. The van der Waals surface area contributed by atoms with Gasteiger partial charge >= 0.3 is 223 Å². The number of ether oxygens (including phenoxy) is 1. The zero-order valence-electron chi connectivity index (χ0n) is 24.6. The summed E-state index contributed by atoms with van der Waals surface area (Å²) in [6.45, 7) is 4.36. The molecule has 7 rings (SSSR count). The Balaban J connectivity index is 1.09. The van der Waals surface area contributed by atoms with Crippen LogP contribution < -0.4 is 14.6 Å². The number of benzene rings is 4. The summed E-state index contributed by atoms with van der Waals surface area (Å²) in [4.78, 5) is 0. The third-order valence-electron chi connectivity index (χ3n) is 10.2. The van der Waals surface area contributed by atoms with Crippen LogP contribution in [0.3, 0.4) is 0 Å². The van der Waals surface area contributed by atoms with E-state index in [0.717, 1.165) is 24.1 Å². The van der Waals surface area contributed by atoms with Crippen LogP contribution >= 0.6 is 0 Å². The van der Waals surface area contributed by atoms with E-state index in [1.54, 1.807) is 5.56 Å². The number of aryl methyl sites for hydroxylation is 1. The molecule has 4 aromatic carbocycles. The summed E-state index contributed by atoms with van der Waals surface area (Å²) in [6.07, 6.45) is 6.37. The molecule has 4 aromatic rings. The molecule has 42 heavy (non-hydrogen) atoms. The zero-order valence-corrected chi connectivity index (χ0v) is 26.3. The molecule has 4 heteroatoms. The Morgan fingerprint density at radius 1 is 0.881 bits per heavy atom. The summed E-state index contributed by atoms with van der Waals surface area (Å²) < 4.78 is 7.73. The van der Waals surface area contributed by atoms with E-state index < -0.39 is 0 Å². The second-order valence-corrected chi connectivity index (χ2v) is 15.2. The maximum absolute atomic E-state index is 6.22. The van der Waals surface area contributed by atoms with E-state index >= 15 is 0 Å². The van der Waals surface area contributed by atoms with Gasteiger partial charge < -0.3 is 0 Å². The number of nitrogens with zero attached hydrogens (tertiary/aromatic N) is 1. The van der Waals surface area contributed by atoms with Gasteiger partial charge in [-0.1, -0.05) is 30.3 Å². The van der Waals surface area contributed by atoms with Crippen LogP contribution in [0.25, 0.3) is 0 Å². The molecular formula is C38H42N2OSe. The molecule has 0 bridgehead atoms. The summed E-state index contributed by atoms with van der Waals surface area (Å²) in [6, 6.07) is 40.0. The van der Waals surface area contributed by atoms with Gasteiger partial charge in [-0.05, 0) is 5.56 Å². The van der Waals surface area contributed by atoms with Crippen molar-refractivity contribution in [2.75, 3.05) is 12.0 Å². The van der Waals surface area contributed by atoms with Gasteiger partial charge in [0.25, 0.3) is 0 Å². The topological polar surface area (TPSA) is 24.5 Å². The van der Waals surface area contributed by atoms with Crippen molar-refractivity contribution < 1.29 is 4.74 Å².